The van der Waals surface area contributed by atoms with E-state index >= 15 is 0 Å². The van der Waals surface area contributed by atoms with Crippen molar-refractivity contribution in [1.29, 1.82) is 0 Å². The number of anilines is 1. The van der Waals surface area contributed by atoms with Gasteiger partial charge in [-0.1, -0.05) is 6.92 Å². The monoisotopic (exact) mass is 331 g/mol. The third-order valence-electron chi connectivity index (χ3n) is 2.90. The maximum Gasteiger partial charge on any atom is 0.312 e. The molecule has 0 bridgehead atoms. The molecule has 5 nitrogen and oxygen atoms in total. The first-order valence-electron chi connectivity index (χ1n) is 5.78. The van der Waals surface area contributed by atoms with Crippen molar-refractivity contribution in [3.63, 3.8) is 0 Å². The van der Waals surface area contributed by atoms with Gasteiger partial charge in [-0.2, -0.15) is 11.8 Å². The van der Waals surface area contributed by atoms with Crippen molar-refractivity contribution in [3.05, 3.63) is 26.9 Å². The van der Waals surface area contributed by atoms with E-state index in [1.54, 1.807) is 6.20 Å². The first-order valence-corrected chi connectivity index (χ1v) is 7.62. The summed E-state index contributed by atoms with van der Waals surface area (Å²) in [6, 6.07) is 1.52. The summed E-state index contributed by atoms with van der Waals surface area (Å²) < 4.78 is 0.636. The van der Waals surface area contributed by atoms with Crippen molar-refractivity contribution in [2.75, 3.05) is 23.7 Å². The summed E-state index contributed by atoms with van der Waals surface area (Å²) in [4.78, 5) is 17.0. The van der Waals surface area contributed by atoms with Crippen LogP contribution < -0.4 is 4.90 Å². The third-order valence-corrected chi connectivity index (χ3v) is 4.71. The summed E-state index contributed by atoms with van der Waals surface area (Å²) >= 11 is 5.16. The predicted molar refractivity (Wildman–Crippen MR) is 77.3 cm³/mol. The highest BCUT2D eigenvalue weighted by Crippen LogP contribution is 2.32. The molecule has 0 N–H and O–H groups in total. The Labute approximate surface area is 118 Å². The zero-order chi connectivity index (χ0) is 13.1. The van der Waals surface area contributed by atoms with Crippen LogP contribution in [0.4, 0.5) is 11.5 Å². The van der Waals surface area contributed by atoms with Gasteiger partial charge in [0.25, 0.3) is 0 Å². The maximum absolute atomic E-state index is 11.1. The molecule has 1 aliphatic heterocycles. The fourth-order valence-corrected chi connectivity index (χ4v) is 3.46. The summed E-state index contributed by atoms with van der Waals surface area (Å²) in [6.07, 6.45) is 2.69. The van der Waals surface area contributed by atoms with Gasteiger partial charge in [0, 0.05) is 40.8 Å². The van der Waals surface area contributed by atoms with Crippen LogP contribution in [0.2, 0.25) is 0 Å². The second-order valence-corrected chi connectivity index (χ2v) is 6.42. The van der Waals surface area contributed by atoms with E-state index in [9.17, 15) is 10.1 Å². The molecule has 0 aromatic carbocycles. The molecule has 1 aromatic rings. The first-order chi connectivity index (χ1) is 8.61. The minimum atomic E-state index is -0.365. The standard InChI is InChI=1S/C11H14BrN3O2S/c1-2-9-7-14(3-4-18-9)11-10(15(16)17)5-8(12)6-13-11/h5-6,9H,2-4,7H2,1H3. The molecule has 0 amide bonds. The van der Waals surface area contributed by atoms with E-state index in [0.29, 0.717) is 15.5 Å². The Morgan fingerprint density at radius 3 is 3.17 bits per heavy atom. The van der Waals surface area contributed by atoms with Crippen molar-refractivity contribution < 1.29 is 4.92 Å². The fourth-order valence-electron chi connectivity index (χ4n) is 1.96. The average Bonchev–Trinajstić information content (AvgIpc) is 2.38. The minimum Gasteiger partial charge on any atom is -0.349 e. The molecular formula is C11H14BrN3O2S. The number of hydrogen-bond donors (Lipinski definition) is 0. The van der Waals surface area contributed by atoms with Crippen molar-refractivity contribution in [2.24, 2.45) is 0 Å². The number of aromatic nitrogens is 1. The SMILES string of the molecule is CCC1CN(c2ncc(Br)cc2[N+](=O)[O-])CCS1. The summed E-state index contributed by atoms with van der Waals surface area (Å²) in [5, 5.41) is 11.6. The van der Waals surface area contributed by atoms with Crippen LogP contribution in [0.5, 0.6) is 0 Å². The molecule has 7 heteroatoms. The Morgan fingerprint density at radius 2 is 2.50 bits per heavy atom. The van der Waals surface area contributed by atoms with Gasteiger partial charge in [-0.15, -0.1) is 0 Å². The third kappa shape index (κ3) is 2.95. The highest BCUT2D eigenvalue weighted by Gasteiger charge is 2.26. The molecule has 0 saturated carbocycles. The quantitative estimate of drug-likeness (QED) is 0.629. The van der Waals surface area contributed by atoms with E-state index in [4.69, 9.17) is 0 Å². The van der Waals surface area contributed by atoms with Gasteiger partial charge in [-0.3, -0.25) is 10.1 Å². The largest absolute Gasteiger partial charge is 0.349 e. The topological polar surface area (TPSA) is 59.3 Å². The van der Waals surface area contributed by atoms with Crippen LogP contribution in [0.25, 0.3) is 0 Å². The molecule has 2 heterocycles. The van der Waals surface area contributed by atoms with Gasteiger partial charge in [0.15, 0.2) is 0 Å². The highest BCUT2D eigenvalue weighted by molar-refractivity contribution is 9.10. The molecule has 1 fully saturated rings. The molecular weight excluding hydrogens is 318 g/mol. The van der Waals surface area contributed by atoms with Crippen molar-refractivity contribution >= 4 is 39.2 Å². The van der Waals surface area contributed by atoms with Crippen LogP contribution >= 0.6 is 27.7 Å². The Hall–Kier alpha value is -0.820. The zero-order valence-electron chi connectivity index (χ0n) is 10.0. The molecule has 98 valence electrons. The minimum absolute atomic E-state index is 0.0751. The Balaban J connectivity index is 2.29. The van der Waals surface area contributed by atoms with Crippen molar-refractivity contribution in [2.45, 2.75) is 18.6 Å². The van der Waals surface area contributed by atoms with Crippen LogP contribution in [-0.4, -0.2) is 34.0 Å². The van der Waals surface area contributed by atoms with E-state index in [1.807, 2.05) is 16.7 Å². The van der Waals surface area contributed by atoms with E-state index in [2.05, 4.69) is 27.8 Å². The smallest absolute Gasteiger partial charge is 0.312 e. The molecule has 1 unspecified atom stereocenters. The number of thioether (sulfide) groups is 1. The molecule has 1 aromatic heterocycles. The number of halogens is 1. The number of rotatable bonds is 3. The number of nitro groups is 1. The predicted octanol–water partition coefficient (Wildman–Crippen LogP) is 3.08. The van der Waals surface area contributed by atoms with Crippen LogP contribution in [0.1, 0.15) is 13.3 Å². The lowest BCUT2D eigenvalue weighted by Gasteiger charge is -2.32. The average molecular weight is 332 g/mol. The van der Waals surface area contributed by atoms with Gasteiger partial charge in [0.2, 0.25) is 5.82 Å². The molecule has 18 heavy (non-hydrogen) atoms. The zero-order valence-corrected chi connectivity index (χ0v) is 12.4. The lowest BCUT2D eigenvalue weighted by Crippen LogP contribution is -2.38. The van der Waals surface area contributed by atoms with Crippen LogP contribution in [0.15, 0.2) is 16.7 Å². The highest BCUT2D eigenvalue weighted by atomic mass is 79.9. The van der Waals surface area contributed by atoms with Gasteiger partial charge in [0.05, 0.1) is 4.92 Å². The Bertz CT molecular complexity index is 458. The molecule has 2 rings (SSSR count). The van der Waals surface area contributed by atoms with Crippen molar-refractivity contribution in [1.82, 2.24) is 4.98 Å². The Kier molecular flexibility index (Phi) is 4.45. The lowest BCUT2D eigenvalue weighted by atomic mass is 10.2. The number of hydrogen-bond acceptors (Lipinski definition) is 5. The number of pyridine rings is 1. The van der Waals surface area contributed by atoms with E-state index in [1.165, 1.54) is 6.07 Å². The van der Waals surface area contributed by atoms with Gasteiger partial charge < -0.3 is 4.90 Å². The van der Waals surface area contributed by atoms with Gasteiger partial charge >= 0.3 is 5.69 Å². The normalized spacial score (nSPS) is 19.9. The summed E-state index contributed by atoms with van der Waals surface area (Å²) in [5.74, 6) is 1.48. The molecule has 1 atom stereocenters. The van der Waals surface area contributed by atoms with Gasteiger partial charge in [0.1, 0.15) is 0 Å². The molecule has 0 aliphatic carbocycles. The molecule has 1 saturated heterocycles. The van der Waals surface area contributed by atoms with Crippen LogP contribution in [0, 0.1) is 10.1 Å². The van der Waals surface area contributed by atoms with E-state index in [-0.39, 0.29) is 10.6 Å². The van der Waals surface area contributed by atoms with E-state index in [0.717, 1.165) is 25.3 Å². The first kappa shape index (κ1) is 13.6. The Morgan fingerprint density at radius 1 is 1.72 bits per heavy atom. The summed E-state index contributed by atoms with van der Waals surface area (Å²) in [5.41, 5.74) is 0.0751. The van der Waals surface area contributed by atoms with Gasteiger partial charge in [-0.25, -0.2) is 4.98 Å². The number of nitrogens with zero attached hydrogens (tertiary/aromatic N) is 3. The molecule has 0 spiro atoms. The molecule has 0 radical (unpaired) electrons. The second kappa shape index (κ2) is 5.88. The van der Waals surface area contributed by atoms with Crippen molar-refractivity contribution in [3.8, 4) is 0 Å². The van der Waals surface area contributed by atoms with E-state index < -0.39 is 0 Å². The van der Waals surface area contributed by atoms with Gasteiger partial charge in [-0.05, 0) is 22.4 Å². The maximum atomic E-state index is 11.1. The fraction of sp³-hybridized carbons (Fsp3) is 0.545. The summed E-state index contributed by atoms with van der Waals surface area (Å²) in [6.45, 7) is 3.79. The van der Waals surface area contributed by atoms with Crippen LogP contribution in [0.3, 0.4) is 0 Å². The molecule has 1 aliphatic rings. The lowest BCUT2D eigenvalue weighted by molar-refractivity contribution is -0.384. The summed E-state index contributed by atoms with van der Waals surface area (Å²) in [7, 11) is 0. The second-order valence-electron chi connectivity index (χ2n) is 4.10. The van der Waals surface area contributed by atoms with Crippen LogP contribution in [-0.2, 0) is 0 Å².